The molecule has 0 unspecified atom stereocenters. The molecule has 0 fully saturated rings. The van der Waals surface area contributed by atoms with E-state index in [0.29, 0.717) is 11.2 Å². The summed E-state index contributed by atoms with van der Waals surface area (Å²) in [5.41, 5.74) is 2.88. The van der Waals surface area contributed by atoms with Crippen molar-refractivity contribution in [3.8, 4) is 5.69 Å². The van der Waals surface area contributed by atoms with Crippen LogP contribution in [0.1, 0.15) is 18.2 Å². The van der Waals surface area contributed by atoms with Gasteiger partial charge < -0.3 is 4.57 Å². The van der Waals surface area contributed by atoms with E-state index in [9.17, 15) is 13.2 Å². The van der Waals surface area contributed by atoms with Crippen LogP contribution in [0.25, 0.3) is 27.6 Å². The molecule has 3 nitrogen and oxygen atoms in total. The van der Waals surface area contributed by atoms with E-state index in [1.807, 2.05) is 42.4 Å². The molecule has 142 valence electrons. The first kappa shape index (κ1) is 18.6. The molecule has 0 saturated heterocycles. The summed E-state index contributed by atoms with van der Waals surface area (Å²) in [6.07, 6.45) is -1.89. The number of hydrogen-bond donors (Lipinski definition) is 0. The Hall–Kier alpha value is -2.72. The van der Waals surface area contributed by atoms with Crippen molar-refractivity contribution < 1.29 is 13.2 Å². The first-order valence-corrected chi connectivity index (χ1v) is 10.2. The van der Waals surface area contributed by atoms with Crippen molar-refractivity contribution in [1.82, 2.24) is 14.5 Å². The number of aryl methyl sites for hydroxylation is 1. The number of hydrogen-bond acceptors (Lipinski definition) is 2. The van der Waals surface area contributed by atoms with E-state index < -0.39 is 11.7 Å². The third-order valence-corrected chi connectivity index (χ3v) is 5.47. The van der Waals surface area contributed by atoms with Crippen molar-refractivity contribution in [2.45, 2.75) is 19.5 Å². The van der Waals surface area contributed by atoms with Crippen molar-refractivity contribution in [3.05, 3.63) is 71.1 Å². The highest BCUT2D eigenvalue weighted by molar-refractivity contribution is 7.28. The Morgan fingerprint density at radius 2 is 1.89 bits per heavy atom. The van der Waals surface area contributed by atoms with Gasteiger partial charge in [-0.25, -0.2) is 4.98 Å². The zero-order chi connectivity index (χ0) is 19.9. The van der Waals surface area contributed by atoms with Crippen LogP contribution in [0, 0.1) is 5.07 Å². The highest BCUT2D eigenvalue weighted by Gasteiger charge is 2.30. The van der Waals surface area contributed by atoms with Crippen LogP contribution in [0.5, 0.6) is 0 Å². The number of halogens is 3. The molecule has 4 aromatic rings. The van der Waals surface area contributed by atoms with Crippen LogP contribution in [-0.4, -0.2) is 21.2 Å². The largest absolute Gasteiger partial charge is 0.416 e. The lowest BCUT2D eigenvalue weighted by molar-refractivity contribution is -0.137. The van der Waals surface area contributed by atoms with Crippen LogP contribution in [0.4, 0.5) is 13.2 Å². The van der Waals surface area contributed by atoms with E-state index in [1.54, 1.807) is 12.3 Å². The second-order valence-electron chi connectivity index (χ2n) is 6.38. The van der Waals surface area contributed by atoms with Gasteiger partial charge in [-0.3, -0.25) is 4.98 Å². The molecule has 4 rings (SSSR count). The number of pyridine rings is 3. The minimum atomic E-state index is -4.40. The third kappa shape index (κ3) is 3.18. The molecule has 0 atom stereocenters. The molecular weight excluding hydrogens is 382 g/mol. The molecule has 0 saturated carbocycles. The second-order valence-corrected chi connectivity index (χ2v) is 7.29. The van der Waals surface area contributed by atoms with Crippen LogP contribution in [0.2, 0.25) is 0 Å². The summed E-state index contributed by atoms with van der Waals surface area (Å²) in [6, 6.07) is 13.1. The van der Waals surface area contributed by atoms with E-state index in [-0.39, 0.29) is 0 Å². The molecular formula is C21H17F3N3P. The summed E-state index contributed by atoms with van der Waals surface area (Å²) >= 11 is 0. The van der Waals surface area contributed by atoms with Crippen LogP contribution < -0.4 is 0 Å². The number of rotatable bonds is 2. The number of nitrogens with zero attached hydrogens (tertiary/aromatic N) is 3. The topological polar surface area (TPSA) is 30.7 Å². The van der Waals surface area contributed by atoms with Crippen molar-refractivity contribution in [3.63, 3.8) is 0 Å². The highest BCUT2D eigenvalue weighted by atomic mass is 31.1. The van der Waals surface area contributed by atoms with Crippen LogP contribution in [0.3, 0.4) is 0 Å². The number of aromatic nitrogens is 3. The summed E-state index contributed by atoms with van der Waals surface area (Å²) in [4.78, 5) is 9.22. The van der Waals surface area contributed by atoms with Crippen molar-refractivity contribution in [2.24, 2.45) is 0 Å². The SMILES string of the molecule is CCc1ccc2ncc3ccc(=PC)n(-c4cccc(C(F)(F)F)c4)c3c2n1. The predicted molar refractivity (Wildman–Crippen MR) is 107 cm³/mol. The normalized spacial score (nSPS) is 12.8. The van der Waals surface area contributed by atoms with E-state index in [2.05, 4.69) is 4.98 Å². The Kier molecular flexibility index (Phi) is 4.68. The van der Waals surface area contributed by atoms with Gasteiger partial charge in [0, 0.05) is 23.0 Å². The summed E-state index contributed by atoms with van der Waals surface area (Å²) < 4.78 is 41.8. The van der Waals surface area contributed by atoms with E-state index in [0.717, 1.165) is 47.9 Å². The van der Waals surface area contributed by atoms with Gasteiger partial charge in [0.1, 0.15) is 5.52 Å². The Morgan fingerprint density at radius 3 is 2.61 bits per heavy atom. The minimum Gasteiger partial charge on any atom is -0.304 e. The lowest BCUT2D eigenvalue weighted by Crippen LogP contribution is -2.07. The maximum absolute atomic E-state index is 13.3. The summed E-state index contributed by atoms with van der Waals surface area (Å²) in [5.74, 6) is 0. The molecule has 0 spiro atoms. The first-order valence-electron chi connectivity index (χ1n) is 8.83. The van der Waals surface area contributed by atoms with Crippen molar-refractivity contribution in [2.75, 3.05) is 6.66 Å². The van der Waals surface area contributed by atoms with Gasteiger partial charge in [-0.1, -0.05) is 21.2 Å². The average Bonchev–Trinajstić information content (AvgIpc) is 2.71. The fourth-order valence-electron chi connectivity index (χ4n) is 3.27. The van der Waals surface area contributed by atoms with Crippen LogP contribution in [0.15, 0.2) is 54.7 Å². The monoisotopic (exact) mass is 399 g/mol. The number of benzene rings is 1. The van der Waals surface area contributed by atoms with Gasteiger partial charge in [0.15, 0.2) is 0 Å². The standard InChI is InChI=1S/C21H17F3N3P/c1-3-15-8-9-17-19(26-15)20-13(12-25-17)7-10-18(28-2)27(20)16-6-4-5-14(11-16)21(22,23)24/h4-12H,3H2,1-2H3. The van der Waals surface area contributed by atoms with Gasteiger partial charge in [-0.15, -0.1) is 0 Å². The molecule has 0 aliphatic rings. The van der Waals surface area contributed by atoms with Gasteiger partial charge in [0.25, 0.3) is 0 Å². The Bertz CT molecular complexity index is 1260. The zero-order valence-electron chi connectivity index (χ0n) is 15.3. The molecule has 0 aliphatic carbocycles. The maximum atomic E-state index is 13.3. The Balaban J connectivity index is 2.17. The Morgan fingerprint density at radius 1 is 1.07 bits per heavy atom. The van der Waals surface area contributed by atoms with Gasteiger partial charge >= 0.3 is 6.18 Å². The quantitative estimate of drug-likeness (QED) is 0.294. The van der Waals surface area contributed by atoms with E-state index in [4.69, 9.17) is 4.98 Å². The highest BCUT2D eigenvalue weighted by Crippen LogP contribution is 2.32. The van der Waals surface area contributed by atoms with Gasteiger partial charge in [-0.2, -0.15) is 13.2 Å². The van der Waals surface area contributed by atoms with Crippen molar-refractivity contribution in [1.29, 1.82) is 0 Å². The van der Waals surface area contributed by atoms with E-state index >= 15 is 0 Å². The van der Waals surface area contributed by atoms with Gasteiger partial charge in [0.05, 0.1) is 21.7 Å². The average molecular weight is 399 g/mol. The molecule has 0 radical (unpaired) electrons. The predicted octanol–water partition coefficient (Wildman–Crippen LogP) is 6.26. The fraction of sp³-hybridized carbons (Fsp3) is 0.190. The minimum absolute atomic E-state index is 0.459. The summed E-state index contributed by atoms with van der Waals surface area (Å²) in [7, 11) is 0.937. The zero-order valence-corrected chi connectivity index (χ0v) is 16.2. The summed E-state index contributed by atoms with van der Waals surface area (Å²) in [6.45, 7) is 3.98. The third-order valence-electron chi connectivity index (χ3n) is 4.66. The second kappa shape index (κ2) is 7.02. The fourth-order valence-corrected chi connectivity index (χ4v) is 3.91. The molecule has 7 heteroatoms. The molecule has 1 aromatic carbocycles. The van der Waals surface area contributed by atoms with Gasteiger partial charge in [0.2, 0.25) is 0 Å². The summed E-state index contributed by atoms with van der Waals surface area (Å²) in [5, 5.41) is 1.71. The van der Waals surface area contributed by atoms with Gasteiger partial charge in [-0.05, 0) is 55.6 Å². The van der Waals surface area contributed by atoms with Crippen LogP contribution >= 0.6 is 8.20 Å². The molecule has 0 N–H and O–H groups in total. The number of fused-ring (bicyclic) bond motifs is 3. The molecule has 28 heavy (non-hydrogen) atoms. The van der Waals surface area contributed by atoms with Crippen LogP contribution in [-0.2, 0) is 12.6 Å². The molecule has 3 heterocycles. The molecule has 0 aliphatic heterocycles. The first-order chi connectivity index (χ1) is 13.4. The molecule has 0 bridgehead atoms. The molecule has 0 amide bonds. The van der Waals surface area contributed by atoms with E-state index in [1.165, 1.54) is 12.1 Å². The molecule has 3 aromatic heterocycles. The Labute approximate surface area is 161 Å². The smallest absolute Gasteiger partial charge is 0.304 e. The lowest BCUT2D eigenvalue weighted by atomic mass is 10.1. The van der Waals surface area contributed by atoms with Crippen molar-refractivity contribution >= 4 is 30.1 Å². The maximum Gasteiger partial charge on any atom is 0.416 e. The number of alkyl halides is 3. The lowest BCUT2D eigenvalue weighted by Gasteiger charge is -2.16.